The Kier molecular flexibility index (Phi) is 5.17. The molecule has 1 fully saturated rings. The number of β-amino-alcohol motifs (C(OH)–C–C–N with tert-alkyl or cyclic N) is 1. The average Bonchev–Trinajstić information content (AvgIpc) is 2.67. The summed E-state index contributed by atoms with van der Waals surface area (Å²) in [4.78, 5) is 20.3. The minimum absolute atomic E-state index is 0.113. The van der Waals surface area contributed by atoms with Crippen molar-refractivity contribution in [3.8, 4) is 0 Å². The number of nitrogens with zero attached hydrogens (tertiary/aromatic N) is 3. The van der Waals surface area contributed by atoms with Gasteiger partial charge in [-0.05, 0) is 19.0 Å². The summed E-state index contributed by atoms with van der Waals surface area (Å²) in [5.41, 5.74) is 6.55. The van der Waals surface area contributed by atoms with Crippen LogP contribution in [0.5, 0.6) is 0 Å². The molecule has 1 aliphatic rings. The molecule has 1 aromatic heterocycles. The lowest BCUT2D eigenvalue weighted by Crippen LogP contribution is -2.36. The fourth-order valence-electron chi connectivity index (χ4n) is 2.34. The van der Waals surface area contributed by atoms with E-state index in [9.17, 15) is 4.79 Å². The Bertz CT molecular complexity index is 483. The summed E-state index contributed by atoms with van der Waals surface area (Å²) in [6, 6.07) is 1.51. The highest BCUT2D eigenvalue weighted by molar-refractivity contribution is 6.29. The predicted molar refractivity (Wildman–Crippen MR) is 77.7 cm³/mol. The molecule has 3 N–H and O–H groups in total. The van der Waals surface area contributed by atoms with Crippen molar-refractivity contribution in [1.29, 1.82) is 0 Å². The smallest absolute Gasteiger partial charge is 0.256 e. The van der Waals surface area contributed by atoms with Gasteiger partial charge in [0, 0.05) is 26.2 Å². The molecule has 0 spiro atoms. The van der Waals surface area contributed by atoms with E-state index in [4.69, 9.17) is 22.4 Å². The van der Waals surface area contributed by atoms with Crippen LogP contribution in [0.2, 0.25) is 5.15 Å². The van der Waals surface area contributed by atoms with Crippen LogP contribution >= 0.6 is 11.6 Å². The van der Waals surface area contributed by atoms with Crippen LogP contribution in [0.15, 0.2) is 12.3 Å². The van der Waals surface area contributed by atoms with Crippen molar-refractivity contribution in [1.82, 2.24) is 14.8 Å². The van der Waals surface area contributed by atoms with Gasteiger partial charge in [0.1, 0.15) is 5.15 Å². The Balaban J connectivity index is 2.07. The number of carbonyl (C=O) groups excluding carboxylic acids is 1. The van der Waals surface area contributed by atoms with Crippen molar-refractivity contribution < 1.29 is 9.90 Å². The zero-order valence-electron chi connectivity index (χ0n) is 11.3. The van der Waals surface area contributed by atoms with Gasteiger partial charge >= 0.3 is 0 Å². The largest absolute Gasteiger partial charge is 0.397 e. The van der Waals surface area contributed by atoms with E-state index in [1.54, 1.807) is 4.90 Å². The number of nitrogens with two attached hydrogens (primary N) is 1. The average molecular weight is 299 g/mol. The number of carbonyl (C=O) groups is 1. The van der Waals surface area contributed by atoms with Gasteiger partial charge in [-0.3, -0.25) is 9.69 Å². The third-order valence-electron chi connectivity index (χ3n) is 3.42. The normalized spacial score (nSPS) is 17.0. The number of aliphatic hydroxyl groups is 1. The van der Waals surface area contributed by atoms with Gasteiger partial charge in [0.2, 0.25) is 0 Å². The van der Waals surface area contributed by atoms with Crippen molar-refractivity contribution in [2.45, 2.75) is 6.42 Å². The van der Waals surface area contributed by atoms with Gasteiger partial charge in [0.15, 0.2) is 0 Å². The number of rotatable bonds is 3. The topological polar surface area (TPSA) is 82.7 Å². The van der Waals surface area contributed by atoms with Gasteiger partial charge in [-0.2, -0.15) is 0 Å². The van der Waals surface area contributed by atoms with Crippen molar-refractivity contribution in [2.24, 2.45) is 0 Å². The summed E-state index contributed by atoms with van der Waals surface area (Å²) in [5, 5.41) is 9.23. The first-order valence-electron chi connectivity index (χ1n) is 6.65. The van der Waals surface area contributed by atoms with Crippen molar-refractivity contribution in [3.63, 3.8) is 0 Å². The second-order valence-corrected chi connectivity index (χ2v) is 5.19. The van der Waals surface area contributed by atoms with E-state index in [0.29, 0.717) is 30.9 Å². The van der Waals surface area contributed by atoms with Crippen molar-refractivity contribution in [3.05, 3.63) is 23.0 Å². The molecule has 2 heterocycles. The number of amides is 1. The zero-order chi connectivity index (χ0) is 14.5. The minimum Gasteiger partial charge on any atom is -0.397 e. The number of pyridine rings is 1. The molecule has 0 saturated carbocycles. The molecule has 2 rings (SSSR count). The maximum absolute atomic E-state index is 12.5. The lowest BCUT2D eigenvalue weighted by atomic mass is 10.2. The summed E-state index contributed by atoms with van der Waals surface area (Å²) in [7, 11) is 0. The van der Waals surface area contributed by atoms with E-state index < -0.39 is 0 Å². The first-order valence-corrected chi connectivity index (χ1v) is 7.03. The monoisotopic (exact) mass is 298 g/mol. The summed E-state index contributed by atoms with van der Waals surface area (Å²) in [6.45, 7) is 3.73. The third kappa shape index (κ3) is 3.59. The third-order valence-corrected chi connectivity index (χ3v) is 3.63. The van der Waals surface area contributed by atoms with Crippen LogP contribution in [-0.2, 0) is 0 Å². The number of hydrogen-bond donors (Lipinski definition) is 2. The van der Waals surface area contributed by atoms with Gasteiger partial charge < -0.3 is 15.7 Å². The van der Waals surface area contributed by atoms with Gasteiger partial charge in [-0.25, -0.2) is 4.98 Å². The molecule has 1 aromatic rings. The molecule has 0 aliphatic carbocycles. The van der Waals surface area contributed by atoms with Gasteiger partial charge in [0.25, 0.3) is 5.91 Å². The lowest BCUT2D eigenvalue weighted by Gasteiger charge is -2.22. The SMILES string of the molecule is Nc1cnc(Cl)cc1C(=O)N1CCCN(CCO)CC1. The Morgan fingerprint density at radius 3 is 2.95 bits per heavy atom. The Labute approximate surface area is 123 Å². The van der Waals surface area contributed by atoms with E-state index in [2.05, 4.69) is 9.88 Å². The highest BCUT2D eigenvalue weighted by atomic mass is 35.5. The van der Waals surface area contributed by atoms with Gasteiger partial charge in [-0.15, -0.1) is 0 Å². The molecule has 0 atom stereocenters. The number of nitrogen functional groups attached to an aromatic ring is 1. The van der Waals surface area contributed by atoms with E-state index in [1.807, 2.05) is 0 Å². The van der Waals surface area contributed by atoms with E-state index in [0.717, 1.165) is 19.5 Å². The first kappa shape index (κ1) is 15.0. The van der Waals surface area contributed by atoms with Crippen LogP contribution in [-0.4, -0.2) is 65.1 Å². The summed E-state index contributed by atoms with van der Waals surface area (Å²) >= 11 is 5.82. The maximum atomic E-state index is 12.5. The van der Waals surface area contributed by atoms with E-state index >= 15 is 0 Å². The quantitative estimate of drug-likeness (QED) is 0.792. The van der Waals surface area contributed by atoms with Gasteiger partial charge in [0.05, 0.1) is 24.1 Å². The van der Waals surface area contributed by atoms with Crippen LogP contribution in [0.3, 0.4) is 0 Å². The minimum atomic E-state index is -0.113. The Hall–Kier alpha value is -1.37. The summed E-state index contributed by atoms with van der Waals surface area (Å²) in [6.07, 6.45) is 2.29. The molecule has 0 bridgehead atoms. The highest BCUT2D eigenvalue weighted by Gasteiger charge is 2.22. The molecule has 0 aromatic carbocycles. The second-order valence-electron chi connectivity index (χ2n) is 4.81. The molecule has 110 valence electrons. The number of halogens is 1. The second kappa shape index (κ2) is 6.88. The molecule has 6 nitrogen and oxygen atoms in total. The van der Waals surface area contributed by atoms with Crippen LogP contribution in [0.4, 0.5) is 5.69 Å². The molecular formula is C13H19ClN4O2. The molecule has 1 amide bonds. The zero-order valence-corrected chi connectivity index (χ0v) is 12.0. The summed E-state index contributed by atoms with van der Waals surface area (Å²) < 4.78 is 0. The fraction of sp³-hybridized carbons (Fsp3) is 0.538. The molecular weight excluding hydrogens is 280 g/mol. The number of aromatic nitrogens is 1. The fourth-order valence-corrected chi connectivity index (χ4v) is 2.49. The van der Waals surface area contributed by atoms with E-state index in [1.165, 1.54) is 12.3 Å². The molecule has 7 heteroatoms. The number of hydrogen-bond acceptors (Lipinski definition) is 5. The van der Waals surface area contributed by atoms with Crippen LogP contribution in [0, 0.1) is 0 Å². The Morgan fingerprint density at radius 2 is 2.20 bits per heavy atom. The van der Waals surface area contributed by atoms with Crippen LogP contribution < -0.4 is 5.73 Å². The number of anilines is 1. The molecule has 1 aliphatic heterocycles. The molecule has 1 saturated heterocycles. The predicted octanol–water partition coefficient (Wildman–Crippen LogP) is 0.457. The summed E-state index contributed by atoms with van der Waals surface area (Å²) in [5.74, 6) is -0.113. The standard InChI is InChI=1S/C13H19ClN4O2/c14-12-8-10(11(15)9-16-12)13(20)18-3-1-2-17(4-5-18)6-7-19/h8-9,19H,1-7,15H2. The highest BCUT2D eigenvalue weighted by Crippen LogP contribution is 2.18. The first-order chi connectivity index (χ1) is 9.61. The lowest BCUT2D eigenvalue weighted by molar-refractivity contribution is 0.0761. The Morgan fingerprint density at radius 1 is 1.40 bits per heavy atom. The molecule has 0 radical (unpaired) electrons. The molecule has 0 unspecified atom stereocenters. The van der Waals surface area contributed by atoms with E-state index in [-0.39, 0.29) is 17.7 Å². The van der Waals surface area contributed by atoms with Crippen molar-refractivity contribution in [2.75, 3.05) is 45.1 Å². The maximum Gasteiger partial charge on any atom is 0.256 e. The van der Waals surface area contributed by atoms with Crippen LogP contribution in [0.1, 0.15) is 16.8 Å². The van der Waals surface area contributed by atoms with Gasteiger partial charge in [-0.1, -0.05) is 11.6 Å². The molecule has 20 heavy (non-hydrogen) atoms. The van der Waals surface area contributed by atoms with Crippen molar-refractivity contribution >= 4 is 23.2 Å². The van der Waals surface area contributed by atoms with Crippen LogP contribution in [0.25, 0.3) is 0 Å². The number of aliphatic hydroxyl groups excluding tert-OH is 1.